The Bertz CT molecular complexity index is 772. The van der Waals surface area contributed by atoms with E-state index in [1.807, 2.05) is 25.6 Å². The van der Waals surface area contributed by atoms with Gasteiger partial charge in [-0.05, 0) is 31.6 Å². The van der Waals surface area contributed by atoms with E-state index in [0.29, 0.717) is 30.8 Å². The lowest BCUT2D eigenvalue weighted by atomic mass is 9.93. The first-order valence-corrected chi connectivity index (χ1v) is 11.5. The third kappa shape index (κ3) is 5.34. The zero-order valence-electron chi connectivity index (χ0n) is 16.3. The van der Waals surface area contributed by atoms with E-state index >= 15 is 0 Å². The number of nitrogens with one attached hydrogen (secondary N) is 1. The van der Waals surface area contributed by atoms with Gasteiger partial charge in [0.1, 0.15) is 0 Å². The van der Waals surface area contributed by atoms with Crippen molar-refractivity contribution in [2.45, 2.75) is 32.7 Å². The summed E-state index contributed by atoms with van der Waals surface area (Å²) in [7, 11) is -2.86. The summed E-state index contributed by atoms with van der Waals surface area (Å²) in [6.07, 6.45) is 7.53. The number of likely N-dealkylation sites (tertiary alicyclic amines) is 1. The molecule has 2 fully saturated rings. The zero-order chi connectivity index (χ0) is 19.4. The largest absolute Gasteiger partial charge is 0.356 e. The Labute approximate surface area is 162 Å². The third-order valence-corrected chi connectivity index (χ3v) is 7.34. The first-order valence-electron chi connectivity index (χ1n) is 9.69. The molecule has 1 N–H and O–H groups in total. The standard InChI is InChI=1S/C19H31N5O2S/c1-15(2)10-21-19(22-11-17-5-9-27(25,26)13-17)23-7-4-16(3)18(12-23)24-8-6-20-14-24/h6,8,14,16-18H,1,4-5,7,9-13H2,2-3H3,(H,21,22). The van der Waals surface area contributed by atoms with Crippen LogP contribution in [0.3, 0.4) is 0 Å². The minimum Gasteiger partial charge on any atom is -0.356 e. The van der Waals surface area contributed by atoms with Crippen LogP contribution in [0.4, 0.5) is 0 Å². The molecule has 2 saturated heterocycles. The predicted molar refractivity (Wildman–Crippen MR) is 108 cm³/mol. The molecule has 2 aliphatic rings. The monoisotopic (exact) mass is 393 g/mol. The molecule has 0 bridgehead atoms. The number of aliphatic imine (C=N–C) groups is 1. The molecular weight excluding hydrogens is 362 g/mol. The number of rotatable bonds is 5. The molecule has 0 aliphatic carbocycles. The second-order valence-electron chi connectivity index (χ2n) is 8.04. The van der Waals surface area contributed by atoms with Crippen molar-refractivity contribution < 1.29 is 8.42 Å². The summed E-state index contributed by atoms with van der Waals surface area (Å²) in [5.74, 6) is 2.18. The van der Waals surface area contributed by atoms with Gasteiger partial charge in [0, 0.05) is 32.0 Å². The molecule has 2 aliphatic heterocycles. The van der Waals surface area contributed by atoms with Gasteiger partial charge < -0.3 is 14.8 Å². The van der Waals surface area contributed by atoms with Gasteiger partial charge in [0.2, 0.25) is 0 Å². The minimum absolute atomic E-state index is 0.165. The topological polar surface area (TPSA) is 79.6 Å². The average molecular weight is 394 g/mol. The first-order chi connectivity index (χ1) is 12.8. The summed E-state index contributed by atoms with van der Waals surface area (Å²) in [5, 5.41) is 3.45. The fraction of sp³-hybridized carbons (Fsp3) is 0.684. The van der Waals surface area contributed by atoms with E-state index in [-0.39, 0.29) is 11.7 Å². The van der Waals surface area contributed by atoms with Crippen molar-refractivity contribution in [1.82, 2.24) is 19.8 Å². The van der Waals surface area contributed by atoms with Gasteiger partial charge >= 0.3 is 0 Å². The normalized spacial score (nSPS) is 28.3. The molecule has 8 heteroatoms. The summed E-state index contributed by atoms with van der Waals surface area (Å²) in [4.78, 5) is 11.2. The Kier molecular flexibility index (Phi) is 6.24. The summed E-state index contributed by atoms with van der Waals surface area (Å²) < 4.78 is 25.6. The Morgan fingerprint density at radius 2 is 2.22 bits per heavy atom. The quantitative estimate of drug-likeness (QED) is 0.468. The van der Waals surface area contributed by atoms with Crippen LogP contribution in [-0.4, -0.2) is 66.5 Å². The lowest BCUT2D eigenvalue weighted by Crippen LogP contribution is -2.50. The van der Waals surface area contributed by atoms with Gasteiger partial charge in [0.25, 0.3) is 0 Å². The molecule has 0 aromatic carbocycles. The van der Waals surface area contributed by atoms with Crippen molar-refractivity contribution in [2.24, 2.45) is 16.8 Å². The van der Waals surface area contributed by atoms with Crippen molar-refractivity contribution in [1.29, 1.82) is 0 Å². The van der Waals surface area contributed by atoms with Crippen molar-refractivity contribution >= 4 is 15.8 Å². The van der Waals surface area contributed by atoms with E-state index in [2.05, 4.69) is 33.3 Å². The van der Waals surface area contributed by atoms with E-state index in [9.17, 15) is 8.42 Å². The molecule has 0 saturated carbocycles. The van der Waals surface area contributed by atoms with Gasteiger partial charge in [0.05, 0.1) is 30.4 Å². The van der Waals surface area contributed by atoms with Crippen LogP contribution in [0.15, 0.2) is 35.9 Å². The molecule has 1 aromatic rings. The molecule has 7 nitrogen and oxygen atoms in total. The van der Waals surface area contributed by atoms with E-state index in [0.717, 1.165) is 37.5 Å². The number of guanidine groups is 1. The molecule has 1 aromatic heterocycles. The number of sulfone groups is 1. The van der Waals surface area contributed by atoms with Crippen LogP contribution in [0.2, 0.25) is 0 Å². The fourth-order valence-electron chi connectivity index (χ4n) is 3.84. The molecule has 0 spiro atoms. The lowest BCUT2D eigenvalue weighted by Gasteiger charge is -2.39. The second-order valence-corrected chi connectivity index (χ2v) is 10.3. The Morgan fingerprint density at radius 1 is 1.41 bits per heavy atom. The number of hydrogen-bond acceptors (Lipinski definition) is 4. The molecule has 3 rings (SSSR count). The number of piperidine rings is 1. The van der Waals surface area contributed by atoms with Crippen molar-refractivity contribution in [3.8, 4) is 0 Å². The van der Waals surface area contributed by atoms with Crippen molar-refractivity contribution in [3.63, 3.8) is 0 Å². The molecule has 0 radical (unpaired) electrons. The molecule has 3 unspecified atom stereocenters. The minimum atomic E-state index is -2.86. The maximum atomic E-state index is 11.7. The number of aromatic nitrogens is 2. The van der Waals surface area contributed by atoms with Crippen LogP contribution >= 0.6 is 0 Å². The predicted octanol–water partition coefficient (Wildman–Crippen LogP) is 1.72. The molecule has 3 atom stereocenters. The summed E-state index contributed by atoms with van der Waals surface area (Å²) in [6.45, 7) is 11.2. The third-order valence-electron chi connectivity index (χ3n) is 5.50. The van der Waals surface area contributed by atoms with Gasteiger partial charge in [-0.1, -0.05) is 19.1 Å². The van der Waals surface area contributed by atoms with E-state index in [1.54, 1.807) is 0 Å². The second kappa shape index (κ2) is 8.46. The van der Waals surface area contributed by atoms with E-state index < -0.39 is 9.84 Å². The SMILES string of the molecule is C=C(C)CN=C(NCC1CCS(=O)(=O)C1)N1CCC(C)C(n2ccnc2)C1. The average Bonchev–Trinajstić information content (AvgIpc) is 3.25. The summed E-state index contributed by atoms with van der Waals surface area (Å²) in [6, 6.07) is 0.352. The maximum Gasteiger partial charge on any atom is 0.194 e. The van der Waals surface area contributed by atoms with Gasteiger partial charge in [-0.15, -0.1) is 0 Å². The molecule has 3 heterocycles. The number of nitrogens with zero attached hydrogens (tertiary/aromatic N) is 4. The van der Waals surface area contributed by atoms with Gasteiger partial charge in [-0.3, -0.25) is 0 Å². The Morgan fingerprint density at radius 3 is 2.85 bits per heavy atom. The van der Waals surface area contributed by atoms with Crippen LogP contribution in [0, 0.1) is 11.8 Å². The van der Waals surface area contributed by atoms with Gasteiger partial charge in [0.15, 0.2) is 15.8 Å². The summed E-state index contributed by atoms with van der Waals surface area (Å²) >= 11 is 0. The van der Waals surface area contributed by atoms with E-state index in [1.165, 1.54) is 0 Å². The van der Waals surface area contributed by atoms with Crippen LogP contribution < -0.4 is 5.32 Å². The highest BCUT2D eigenvalue weighted by Gasteiger charge is 2.31. The van der Waals surface area contributed by atoms with Crippen LogP contribution in [0.25, 0.3) is 0 Å². The highest BCUT2D eigenvalue weighted by Crippen LogP contribution is 2.27. The van der Waals surface area contributed by atoms with Crippen molar-refractivity contribution in [3.05, 3.63) is 30.9 Å². The van der Waals surface area contributed by atoms with Crippen LogP contribution in [0.1, 0.15) is 32.7 Å². The van der Waals surface area contributed by atoms with Gasteiger partial charge in [-0.25, -0.2) is 18.4 Å². The first kappa shape index (κ1) is 19.9. The highest BCUT2D eigenvalue weighted by molar-refractivity contribution is 7.91. The number of imidazole rings is 1. The lowest BCUT2D eigenvalue weighted by molar-refractivity contribution is 0.188. The number of hydrogen-bond donors (Lipinski definition) is 1. The fourth-order valence-corrected chi connectivity index (χ4v) is 5.70. The van der Waals surface area contributed by atoms with Crippen LogP contribution in [-0.2, 0) is 9.84 Å². The zero-order valence-corrected chi connectivity index (χ0v) is 17.2. The Hall–Kier alpha value is -1.83. The molecular formula is C19H31N5O2S. The van der Waals surface area contributed by atoms with E-state index in [4.69, 9.17) is 4.99 Å². The molecule has 27 heavy (non-hydrogen) atoms. The summed E-state index contributed by atoms with van der Waals surface area (Å²) in [5.41, 5.74) is 1.01. The Balaban J connectivity index is 1.68. The van der Waals surface area contributed by atoms with Gasteiger partial charge in [-0.2, -0.15) is 0 Å². The maximum absolute atomic E-state index is 11.7. The highest BCUT2D eigenvalue weighted by atomic mass is 32.2. The van der Waals surface area contributed by atoms with Crippen molar-refractivity contribution in [2.75, 3.05) is 37.7 Å². The van der Waals surface area contributed by atoms with Crippen LogP contribution in [0.5, 0.6) is 0 Å². The molecule has 0 amide bonds. The smallest absolute Gasteiger partial charge is 0.194 e. The molecule has 150 valence electrons.